The third-order valence-corrected chi connectivity index (χ3v) is 6.08. The highest BCUT2D eigenvalue weighted by Crippen LogP contribution is 2.31. The van der Waals surface area contributed by atoms with Crippen LogP contribution in [0.4, 0.5) is 10.8 Å². The monoisotopic (exact) mass is 456 g/mol. The van der Waals surface area contributed by atoms with Crippen molar-refractivity contribution in [3.63, 3.8) is 0 Å². The first-order chi connectivity index (χ1) is 16.0. The number of carbonyl (C=O) groups is 1. The Bertz CT molecular complexity index is 1530. The molecule has 5 aromatic rings. The summed E-state index contributed by atoms with van der Waals surface area (Å²) in [5, 5.41) is 14.9. The molecule has 3 aromatic carbocycles. The lowest BCUT2D eigenvalue weighted by Gasteiger charge is -2.10. The maximum atomic E-state index is 13.3. The number of fused-ring (bicyclic) bond motifs is 2. The van der Waals surface area contributed by atoms with Crippen molar-refractivity contribution < 1.29 is 14.5 Å². The predicted molar refractivity (Wildman–Crippen MR) is 128 cm³/mol. The van der Waals surface area contributed by atoms with Crippen molar-refractivity contribution in [3.8, 4) is 17.0 Å². The molecule has 1 N–H and O–H groups in total. The Morgan fingerprint density at radius 3 is 2.55 bits per heavy atom. The Balaban J connectivity index is 1.53. The van der Waals surface area contributed by atoms with Gasteiger partial charge in [0.15, 0.2) is 5.13 Å². The Hall–Kier alpha value is -4.37. The third-order valence-electron chi connectivity index (χ3n) is 5.15. The number of hydrogen-bond donors (Lipinski definition) is 1. The van der Waals surface area contributed by atoms with E-state index in [0.29, 0.717) is 37.5 Å². The Morgan fingerprint density at radius 2 is 1.79 bits per heavy atom. The lowest BCUT2D eigenvalue weighted by atomic mass is 10.0. The normalized spacial score (nSPS) is 10.9. The van der Waals surface area contributed by atoms with Crippen LogP contribution in [0.25, 0.3) is 32.4 Å². The van der Waals surface area contributed by atoms with Crippen LogP contribution in [0.3, 0.4) is 0 Å². The number of nitrogens with zero attached hydrogens (tertiary/aromatic N) is 3. The van der Waals surface area contributed by atoms with Crippen LogP contribution < -0.4 is 10.1 Å². The van der Waals surface area contributed by atoms with E-state index in [1.807, 2.05) is 48.5 Å². The van der Waals surface area contributed by atoms with E-state index in [4.69, 9.17) is 9.72 Å². The van der Waals surface area contributed by atoms with Crippen LogP contribution in [-0.2, 0) is 0 Å². The minimum absolute atomic E-state index is 0.0201. The smallest absolute Gasteiger partial charge is 0.270 e. The summed E-state index contributed by atoms with van der Waals surface area (Å²) in [7, 11) is 1.60. The van der Waals surface area contributed by atoms with Crippen LogP contribution in [0.1, 0.15) is 10.4 Å². The molecule has 0 aliphatic carbocycles. The summed E-state index contributed by atoms with van der Waals surface area (Å²) in [6, 6.07) is 21.0. The van der Waals surface area contributed by atoms with Gasteiger partial charge < -0.3 is 4.74 Å². The Kier molecular flexibility index (Phi) is 5.15. The number of pyridine rings is 1. The number of aromatic nitrogens is 2. The fourth-order valence-electron chi connectivity index (χ4n) is 3.52. The molecule has 9 heteroatoms. The quantitative estimate of drug-likeness (QED) is 0.269. The average molecular weight is 456 g/mol. The van der Waals surface area contributed by atoms with Crippen LogP contribution in [-0.4, -0.2) is 27.9 Å². The number of hydrogen-bond acceptors (Lipinski definition) is 7. The lowest BCUT2D eigenvalue weighted by molar-refractivity contribution is -0.384. The van der Waals surface area contributed by atoms with Gasteiger partial charge in [0.1, 0.15) is 5.75 Å². The third kappa shape index (κ3) is 3.97. The molecule has 0 saturated carbocycles. The number of non-ortho nitro benzene ring substituents is 1. The maximum Gasteiger partial charge on any atom is 0.270 e. The summed E-state index contributed by atoms with van der Waals surface area (Å²) in [4.78, 5) is 32.9. The van der Waals surface area contributed by atoms with Crippen molar-refractivity contribution in [1.29, 1.82) is 0 Å². The van der Waals surface area contributed by atoms with E-state index in [0.717, 1.165) is 11.3 Å². The second kappa shape index (κ2) is 8.29. The van der Waals surface area contributed by atoms with Gasteiger partial charge in [-0.05, 0) is 42.5 Å². The summed E-state index contributed by atoms with van der Waals surface area (Å²) >= 11 is 1.18. The van der Waals surface area contributed by atoms with Gasteiger partial charge in [-0.3, -0.25) is 20.2 Å². The van der Waals surface area contributed by atoms with Crippen LogP contribution in [0.15, 0.2) is 72.8 Å². The van der Waals surface area contributed by atoms with Gasteiger partial charge in [0, 0.05) is 23.1 Å². The van der Waals surface area contributed by atoms with Gasteiger partial charge in [-0.1, -0.05) is 29.5 Å². The summed E-state index contributed by atoms with van der Waals surface area (Å²) in [5.74, 6) is 0.394. The largest absolute Gasteiger partial charge is 0.497 e. The highest BCUT2D eigenvalue weighted by Gasteiger charge is 2.17. The zero-order valence-electron chi connectivity index (χ0n) is 17.3. The predicted octanol–water partition coefficient (Wildman–Crippen LogP) is 5.68. The molecule has 0 spiro atoms. The minimum atomic E-state index is -0.457. The number of carbonyl (C=O) groups excluding carboxylic acids is 1. The van der Waals surface area contributed by atoms with E-state index in [2.05, 4.69) is 10.3 Å². The van der Waals surface area contributed by atoms with Crippen LogP contribution in [0, 0.1) is 10.1 Å². The molecule has 0 fully saturated rings. The van der Waals surface area contributed by atoms with E-state index < -0.39 is 4.92 Å². The number of para-hydroxylation sites is 1. The van der Waals surface area contributed by atoms with Gasteiger partial charge in [0.25, 0.3) is 11.6 Å². The Labute approximate surface area is 191 Å². The number of anilines is 1. The molecule has 5 rings (SSSR count). The highest BCUT2D eigenvalue weighted by atomic mass is 32.1. The van der Waals surface area contributed by atoms with E-state index in [1.54, 1.807) is 19.2 Å². The first kappa shape index (κ1) is 20.5. The molecular weight excluding hydrogens is 440 g/mol. The van der Waals surface area contributed by atoms with Crippen molar-refractivity contribution >= 4 is 49.2 Å². The van der Waals surface area contributed by atoms with Crippen LogP contribution >= 0.6 is 11.3 Å². The lowest BCUT2D eigenvalue weighted by Crippen LogP contribution is -2.13. The minimum Gasteiger partial charge on any atom is -0.497 e. The number of thiazole rings is 1. The topological polar surface area (TPSA) is 107 Å². The van der Waals surface area contributed by atoms with Crippen molar-refractivity contribution in [2.75, 3.05) is 12.4 Å². The molecule has 0 aliphatic heterocycles. The summed E-state index contributed by atoms with van der Waals surface area (Å²) in [6.07, 6.45) is 0. The SMILES string of the molecule is COc1ccc(-c2cc(C(=O)Nc3nc4ccc([N+](=O)[O-])cc4s3)c3ccccc3n2)cc1. The molecule has 1 amide bonds. The molecule has 0 unspecified atom stereocenters. The van der Waals surface area contributed by atoms with Crippen molar-refractivity contribution in [2.24, 2.45) is 0 Å². The summed E-state index contributed by atoms with van der Waals surface area (Å²) in [6.45, 7) is 0. The molecule has 0 radical (unpaired) electrons. The number of ether oxygens (including phenoxy) is 1. The first-order valence-electron chi connectivity index (χ1n) is 9.92. The molecular formula is C24H16N4O4S. The molecule has 0 bridgehead atoms. The molecule has 33 heavy (non-hydrogen) atoms. The molecule has 2 aromatic heterocycles. The number of amides is 1. The first-order valence-corrected chi connectivity index (χ1v) is 10.7. The van der Waals surface area contributed by atoms with Gasteiger partial charge in [-0.25, -0.2) is 9.97 Å². The van der Waals surface area contributed by atoms with Gasteiger partial charge in [-0.2, -0.15) is 0 Å². The highest BCUT2D eigenvalue weighted by molar-refractivity contribution is 7.22. The van der Waals surface area contributed by atoms with Gasteiger partial charge in [-0.15, -0.1) is 0 Å². The second-order valence-corrected chi connectivity index (χ2v) is 8.21. The number of benzene rings is 3. The van der Waals surface area contributed by atoms with Crippen molar-refractivity contribution in [3.05, 3.63) is 88.5 Å². The number of rotatable bonds is 5. The molecule has 0 saturated heterocycles. The van der Waals surface area contributed by atoms with E-state index >= 15 is 0 Å². The average Bonchev–Trinajstić information content (AvgIpc) is 3.24. The molecule has 0 atom stereocenters. The molecule has 2 heterocycles. The zero-order chi connectivity index (χ0) is 22.9. The standard InChI is InChI=1S/C24H16N4O4S/c1-32-16-9-6-14(7-10-16)21-13-18(17-4-2-3-5-19(17)25-21)23(29)27-24-26-20-11-8-15(28(30)31)12-22(20)33-24/h2-13H,1H3,(H,26,27,29). The fourth-order valence-corrected chi connectivity index (χ4v) is 4.41. The van der Waals surface area contributed by atoms with E-state index in [9.17, 15) is 14.9 Å². The molecule has 162 valence electrons. The fraction of sp³-hybridized carbons (Fsp3) is 0.0417. The van der Waals surface area contributed by atoms with Gasteiger partial charge >= 0.3 is 0 Å². The summed E-state index contributed by atoms with van der Waals surface area (Å²) < 4.78 is 5.84. The summed E-state index contributed by atoms with van der Waals surface area (Å²) in [5.41, 5.74) is 3.21. The number of methoxy groups -OCH3 is 1. The van der Waals surface area contributed by atoms with Gasteiger partial charge in [0.05, 0.1) is 39.0 Å². The maximum absolute atomic E-state index is 13.3. The number of nitro benzene ring substituents is 1. The van der Waals surface area contributed by atoms with Crippen molar-refractivity contribution in [2.45, 2.75) is 0 Å². The second-order valence-electron chi connectivity index (χ2n) is 7.18. The van der Waals surface area contributed by atoms with Crippen LogP contribution in [0.2, 0.25) is 0 Å². The van der Waals surface area contributed by atoms with Crippen molar-refractivity contribution in [1.82, 2.24) is 9.97 Å². The molecule has 0 aliphatic rings. The van der Waals surface area contributed by atoms with E-state index in [-0.39, 0.29) is 11.6 Å². The Morgan fingerprint density at radius 1 is 1.00 bits per heavy atom. The van der Waals surface area contributed by atoms with E-state index in [1.165, 1.54) is 23.5 Å². The van der Waals surface area contributed by atoms with Crippen LogP contribution in [0.5, 0.6) is 5.75 Å². The van der Waals surface area contributed by atoms with Gasteiger partial charge in [0.2, 0.25) is 0 Å². The zero-order valence-corrected chi connectivity index (χ0v) is 18.1. The number of nitrogens with one attached hydrogen (secondary N) is 1. The number of nitro groups is 1. The molecule has 8 nitrogen and oxygen atoms in total.